The monoisotopic (exact) mass is 334 g/mol. The van der Waals surface area contributed by atoms with E-state index in [4.69, 9.17) is 0 Å². The normalized spacial score (nSPS) is 57.0. The fourth-order valence-corrected chi connectivity index (χ4v) is 7.83. The first-order chi connectivity index (χ1) is 11.2. The number of fused-ring (bicyclic) bond motifs is 5. The summed E-state index contributed by atoms with van der Waals surface area (Å²) in [5.41, 5.74) is -0.957. The van der Waals surface area contributed by atoms with E-state index >= 15 is 0 Å². The second-order valence-electron chi connectivity index (χ2n) is 10.00. The van der Waals surface area contributed by atoms with Crippen molar-refractivity contribution in [3.63, 3.8) is 0 Å². The van der Waals surface area contributed by atoms with Crippen molar-refractivity contribution in [3.8, 4) is 0 Å². The highest BCUT2D eigenvalue weighted by Gasteiger charge is 2.65. The molecule has 0 aliphatic heterocycles. The van der Waals surface area contributed by atoms with E-state index in [1.807, 2.05) is 0 Å². The van der Waals surface area contributed by atoms with Crippen LogP contribution in [0.15, 0.2) is 0 Å². The summed E-state index contributed by atoms with van der Waals surface area (Å²) in [5, 5.41) is 21.3. The lowest BCUT2D eigenvalue weighted by atomic mass is 9.44. The Balaban J connectivity index is 1.65. The zero-order valence-electron chi connectivity index (χ0n) is 15.6. The molecule has 0 saturated heterocycles. The van der Waals surface area contributed by atoms with E-state index in [0.29, 0.717) is 29.6 Å². The van der Waals surface area contributed by atoms with Crippen LogP contribution in [0.5, 0.6) is 0 Å². The van der Waals surface area contributed by atoms with Gasteiger partial charge in [-0.2, -0.15) is 0 Å². The predicted octanol–water partition coefficient (Wildman–Crippen LogP) is 3.71. The smallest absolute Gasteiger partial charge is 0.161 e. The summed E-state index contributed by atoms with van der Waals surface area (Å²) in [7, 11) is 0. The molecule has 0 aromatic carbocycles. The second kappa shape index (κ2) is 5.30. The topological polar surface area (TPSA) is 57.5 Å². The summed E-state index contributed by atoms with van der Waals surface area (Å²) < 4.78 is 0. The van der Waals surface area contributed by atoms with E-state index in [9.17, 15) is 15.0 Å². The summed E-state index contributed by atoms with van der Waals surface area (Å²) in [6.07, 6.45) is 9.25. The van der Waals surface area contributed by atoms with Gasteiger partial charge in [-0.05, 0) is 93.8 Å². The lowest BCUT2D eigenvalue weighted by Gasteiger charge is -2.61. The maximum absolute atomic E-state index is 12.2. The van der Waals surface area contributed by atoms with Gasteiger partial charge in [-0.15, -0.1) is 0 Å². The molecule has 2 N–H and O–H groups in total. The Bertz CT molecular complexity index is 545. The molecule has 0 amide bonds. The van der Waals surface area contributed by atoms with Gasteiger partial charge < -0.3 is 10.2 Å². The molecule has 0 bridgehead atoms. The summed E-state index contributed by atoms with van der Waals surface area (Å²) in [6, 6.07) is 0. The van der Waals surface area contributed by atoms with Crippen LogP contribution < -0.4 is 0 Å². The molecule has 4 aliphatic rings. The molecule has 0 spiro atoms. The van der Waals surface area contributed by atoms with Crippen molar-refractivity contribution in [1.82, 2.24) is 0 Å². The molecule has 0 radical (unpaired) electrons. The van der Waals surface area contributed by atoms with Crippen LogP contribution in [0, 0.1) is 34.5 Å². The van der Waals surface area contributed by atoms with Gasteiger partial charge in [0.25, 0.3) is 0 Å². The first-order valence-electron chi connectivity index (χ1n) is 10.1. The SMILES string of the molecule is CC(=O)[C@]1(O)CC[C@H]2[C@@H]3CCC4C[C@H](O)CC[C@]4(C)[C@H]3CC[C@@]21C. The molecule has 4 rings (SSSR count). The first-order valence-corrected chi connectivity index (χ1v) is 10.1. The maximum atomic E-state index is 12.2. The third kappa shape index (κ3) is 2.00. The molecule has 0 heterocycles. The van der Waals surface area contributed by atoms with Crippen LogP contribution in [-0.2, 0) is 4.79 Å². The van der Waals surface area contributed by atoms with Gasteiger partial charge in [-0.3, -0.25) is 4.79 Å². The Morgan fingerprint density at radius 3 is 2.38 bits per heavy atom. The Kier molecular flexibility index (Phi) is 3.76. The quantitative estimate of drug-likeness (QED) is 0.768. The van der Waals surface area contributed by atoms with Gasteiger partial charge in [-0.25, -0.2) is 0 Å². The Labute approximate surface area is 146 Å². The van der Waals surface area contributed by atoms with Gasteiger partial charge in [0, 0.05) is 5.41 Å². The Morgan fingerprint density at radius 1 is 0.958 bits per heavy atom. The fraction of sp³-hybridized carbons (Fsp3) is 0.952. The average molecular weight is 335 g/mol. The first kappa shape index (κ1) is 17.0. The zero-order chi connectivity index (χ0) is 17.3. The summed E-state index contributed by atoms with van der Waals surface area (Å²) >= 11 is 0. The number of carbonyl (C=O) groups excluding carboxylic acids is 1. The molecular formula is C21H34O3. The summed E-state index contributed by atoms with van der Waals surface area (Å²) in [5.74, 6) is 2.52. The lowest BCUT2D eigenvalue weighted by molar-refractivity contribution is -0.170. The fourth-order valence-electron chi connectivity index (χ4n) is 7.83. The van der Waals surface area contributed by atoms with Crippen LogP contribution in [0.3, 0.4) is 0 Å². The molecule has 8 atom stereocenters. The predicted molar refractivity (Wildman–Crippen MR) is 93.4 cm³/mol. The molecular weight excluding hydrogens is 300 g/mol. The minimum Gasteiger partial charge on any atom is -0.393 e. The van der Waals surface area contributed by atoms with E-state index in [-0.39, 0.29) is 17.3 Å². The minimum atomic E-state index is -1.09. The van der Waals surface area contributed by atoms with Crippen molar-refractivity contribution in [2.45, 2.75) is 90.3 Å². The van der Waals surface area contributed by atoms with E-state index in [0.717, 1.165) is 44.4 Å². The van der Waals surface area contributed by atoms with Crippen LogP contribution in [0.2, 0.25) is 0 Å². The van der Waals surface area contributed by atoms with Gasteiger partial charge in [-0.1, -0.05) is 13.8 Å². The van der Waals surface area contributed by atoms with Crippen molar-refractivity contribution >= 4 is 5.78 Å². The van der Waals surface area contributed by atoms with Crippen LogP contribution in [-0.4, -0.2) is 27.7 Å². The van der Waals surface area contributed by atoms with Crippen molar-refractivity contribution in [2.75, 3.05) is 0 Å². The highest BCUT2D eigenvalue weighted by molar-refractivity contribution is 5.86. The molecule has 3 nitrogen and oxygen atoms in total. The molecule has 3 heteroatoms. The van der Waals surface area contributed by atoms with Crippen LogP contribution in [0.4, 0.5) is 0 Å². The third-order valence-electron chi connectivity index (χ3n) is 9.37. The van der Waals surface area contributed by atoms with Gasteiger partial charge in [0.15, 0.2) is 5.78 Å². The molecule has 4 aliphatic carbocycles. The van der Waals surface area contributed by atoms with Crippen molar-refractivity contribution in [2.24, 2.45) is 34.5 Å². The molecule has 4 fully saturated rings. The summed E-state index contributed by atoms with van der Waals surface area (Å²) in [6.45, 7) is 6.26. The number of ketones is 1. The second-order valence-corrected chi connectivity index (χ2v) is 10.00. The van der Waals surface area contributed by atoms with Crippen molar-refractivity contribution in [1.29, 1.82) is 0 Å². The number of rotatable bonds is 1. The minimum absolute atomic E-state index is 0.0216. The lowest BCUT2D eigenvalue weighted by Crippen LogP contribution is -2.58. The Hall–Kier alpha value is -0.410. The number of hydrogen-bond acceptors (Lipinski definition) is 3. The van der Waals surface area contributed by atoms with Crippen LogP contribution in [0.1, 0.15) is 78.6 Å². The van der Waals surface area contributed by atoms with Crippen molar-refractivity contribution in [3.05, 3.63) is 0 Å². The number of aliphatic hydroxyl groups is 2. The highest BCUT2D eigenvalue weighted by atomic mass is 16.3. The van der Waals surface area contributed by atoms with E-state index < -0.39 is 5.60 Å². The number of hydrogen-bond donors (Lipinski definition) is 2. The molecule has 1 unspecified atom stereocenters. The maximum Gasteiger partial charge on any atom is 0.161 e. The number of aliphatic hydroxyl groups excluding tert-OH is 1. The number of carbonyl (C=O) groups is 1. The average Bonchev–Trinajstić information content (AvgIpc) is 2.81. The van der Waals surface area contributed by atoms with E-state index in [1.54, 1.807) is 6.92 Å². The molecule has 0 aromatic rings. The number of Topliss-reactive ketones (excluding diaryl/α,β-unsaturated/α-hetero) is 1. The molecule has 4 saturated carbocycles. The van der Waals surface area contributed by atoms with Gasteiger partial charge in [0.1, 0.15) is 5.60 Å². The van der Waals surface area contributed by atoms with Crippen LogP contribution in [0.25, 0.3) is 0 Å². The largest absolute Gasteiger partial charge is 0.393 e. The summed E-state index contributed by atoms with van der Waals surface area (Å²) in [4.78, 5) is 12.2. The van der Waals surface area contributed by atoms with Gasteiger partial charge in [0.2, 0.25) is 0 Å². The molecule has 24 heavy (non-hydrogen) atoms. The Morgan fingerprint density at radius 2 is 1.67 bits per heavy atom. The standard InChI is InChI=1S/C21H34O3/c1-13(22)21(24)11-8-18-16-5-4-14-12-15(23)6-9-19(14,2)17(16)7-10-20(18,21)3/h14-18,23-24H,4-12H2,1-3H3/t14?,15-,16-,17+,18+,19+,20+,21-/m1/s1. The van der Waals surface area contributed by atoms with E-state index in [2.05, 4.69) is 13.8 Å². The van der Waals surface area contributed by atoms with Crippen LogP contribution >= 0.6 is 0 Å². The zero-order valence-corrected chi connectivity index (χ0v) is 15.6. The van der Waals surface area contributed by atoms with Gasteiger partial charge >= 0.3 is 0 Å². The van der Waals surface area contributed by atoms with E-state index in [1.165, 1.54) is 12.8 Å². The molecule has 136 valence electrons. The highest BCUT2D eigenvalue weighted by Crippen LogP contribution is 2.68. The third-order valence-corrected chi connectivity index (χ3v) is 9.37. The van der Waals surface area contributed by atoms with Gasteiger partial charge in [0.05, 0.1) is 6.10 Å². The van der Waals surface area contributed by atoms with Crippen molar-refractivity contribution < 1.29 is 15.0 Å². The molecule has 0 aromatic heterocycles.